The molecule has 1 fully saturated rings. The standard InChI is InChI=1S/C16H23N3O2/c1-2-19-10-6-9-14(19)12-18-16(21)15(20)17-11-13-7-4-3-5-8-13/h3-5,7-8,14H,2,6,9-12H2,1H3,(H,17,20)(H,18,21)/p+1/t14-/m0/s1. The lowest BCUT2D eigenvalue weighted by Gasteiger charge is -2.19. The predicted octanol–water partition coefficient (Wildman–Crippen LogP) is -0.514. The van der Waals surface area contributed by atoms with Crippen molar-refractivity contribution < 1.29 is 14.5 Å². The van der Waals surface area contributed by atoms with Crippen LogP contribution in [0.5, 0.6) is 0 Å². The van der Waals surface area contributed by atoms with Crippen molar-refractivity contribution in [2.24, 2.45) is 0 Å². The molecule has 21 heavy (non-hydrogen) atoms. The van der Waals surface area contributed by atoms with Crippen LogP contribution < -0.4 is 15.5 Å². The molecule has 1 aliphatic rings. The molecule has 5 nitrogen and oxygen atoms in total. The summed E-state index contributed by atoms with van der Waals surface area (Å²) in [6.45, 7) is 5.35. The number of quaternary nitrogens is 1. The van der Waals surface area contributed by atoms with E-state index in [9.17, 15) is 9.59 Å². The summed E-state index contributed by atoms with van der Waals surface area (Å²) in [5.74, 6) is -1.09. The quantitative estimate of drug-likeness (QED) is 0.640. The summed E-state index contributed by atoms with van der Waals surface area (Å²) >= 11 is 0. The highest BCUT2D eigenvalue weighted by Crippen LogP contribution is 1.99. The zero-order chi connectivity index (χ0) is 15.1. The van der Waals surface area contributed by atoms with Crippen molar-refractivity contribution in [3.63, 3.8) is 0 Å². The molecule has 1 aromatic rings. The predicted molar refractivity (Wildman–Crippen MR) is 80.7 cm³/mol. The molecule has 0 saturated carbocycles. The second-order valence-electron chi connectivity index (χ2n) is 5.48. The van der Waals surface area contributed by atoms with Crippen LogP contribution in [0.2, 0.25) is 0 Å². The molecule has 0 aliphatic carbocycles. The van der Waals surface area contributed by atoms with Crippen molar-refractivity contribution in [2.45, 2.75) is 32.4 Å². The zero-order valence-corrected chi connectivity index (χ0v) is 12.5. The molecule has 1 aliphatic heterocycles. The van der Waals surface area contributed by atoms with Gasteiger partial charge in [0.15, 0.2) is 0 Å². The maximum absolute atomic E-state index is 11.8. The monoisotopic (exact) mass is 290 g/mol. The molecule has 1 heterocycles. The molecule has 114 valence electrons. The molecule has 1 unspecified atom stereocenters. The Hall–Kier alpha value is -1.88. The Morgan fingerprint density at radius 2 is 1.90 bits per heavy atom. The molecule has 1 aromatic carbocycles. The number of likely N-dealkylation sites (N-methyl/N-ethyl adjacent to an activating group) is 1. The van der Waals surface area contributed by atoms with E-state index in [0.29, 0.717) is 19.1 Å². The number of hydrogen-bond donors (Lipinski definition) is 3. The zero-order valence-electron chi connectivity index (χ0n) is 12.5. The number of nitrogens with one attached hydrogen (secondary N) is 3. The topological polar surface area (TPSA) is 62.6 Å². The Bertz CT molecular complexity index is 476. The molecule has 5 heteroatoms. The van der Waals surface area contributed by atoms with Crippen LogP contribution in [0.15, 0.2) is 30.3 Å². The fourth-order valence-corrected chi connectivity index (χ4v) is 2.85. The fraction of sp³-hybridized carbons (Fsp3) is 0.500. The molecule has 0 aromatic heterocycles. The molecular formula is C16H24N3O2+. The number of amides is 2. The van der Waals surface area contributed by atoms with Gasteiger partial charge in [-0.2, -0.15) is 0 Å². The number of carbonyl (C=O) groups excluding carboxylic acids is 2. The summed E-state index contributed by atoms with van der Waals surface area (Å²) < 4.78 is 0. The Morgan fingerprint density at radius 1 is 1.19 bits per heavy atom. The fourth-order valence-electron chi connectivity index (χ4n) is 2.85. The normalized spacial score (nSPS) is 21.0. The second kappa shape index (κ2) is 7.78. The van der Waals surface area contributed by atoms with Crippen molar-refractivity contribution >= 4 is 11.8 Å². The maximum atomic E-state index is 11.8. The van der Waals surface area contributed by atoms with Crippen molar-refractivity contribution in [1.29, 1.82) is 0 Å². The lowest BCUT2D eigenvalue weighted by Crippen LogP contribution is -3.14. The minimum Gasteiger partial charge on any atom is -0.344 e. The van der Waals surface area contributed by atoms with Crippen LogP contribution in [-0.2, 0) is 16.1 Å². The average molecular weight is 290 g/mol. The summed E-state index contributed by atoms with van der Waals surface area (Å²) in [6, 6.07) is 10.0. The van der Waals surface area contributed by atoms with Crippen molar-refractivity contribution in [1.82, 2.24) is 10.6 Å². The van der Waals surface area contributed by atoms with Crippen molar-refractivity contribution in [3.05, 3.63) is 35.9 Å². The van der Waals surface area contributed by atoms with Gasteiger partial charge in [-0.25, -0.2) is 0 Å². The summed E-state index contributed by atoms with van der Waals surface area (Å²) in [5, 5.41) is 5.39. The van der Waals surface area contributed by atoms with E-state index in [0.717, 1.165) is 25.1 Å². The third-order valence-electron chi connectivity index (χ3n) is 4.09. The Kier molecular flexibility index (Phi) is 5.75. The minimum absolute atomic E-state index is 0.378. The lowest BCUT2D eigenvalue weighted by atomic mass is 10.2. The third-order valence-corrected chi connectivity index (χ3v) is 4.09. The first-order chi connectivity index (χ1) is 10.2. The van der Waals surface area contributed by atoms with Gasteiger partial charge >= 0.3 is 11.8 Å². The van der Waals surface area contributed by atoms with Crippen molar-refractivity contribution in [3.8, 4) is 0 Å². The summed E-state index contributed by atoms with van der Waals surface area (Å²) in [4.78, 5) is 25.0. The number of likely N-dealkylation sites (tertiary alicyclic amines) is 1. The summed E-state index contributed by atoms with van der Waals surface area (Å²) in [5.41, 5.74) is 0.982. The van der Waals surface area contributed by atoms with Crippen molar-refractivity contribution in [2.75, 3.05) is 19.6 Å². The molecular weight excluding hydrogens is 266 g/mol. The van der Waals surface area contributed by atoms with Crippen LogP contribution in [0.4, 0.5) is 0 Å². The van der Waals surface area contributed by atoms with Crippen LogP contribution in [0.3, 0.4) is 0 Å². The molecule has 0 radical (unpaired) electrons. The highest BCUT2D eigenvalue weighted by molar-refractivity contribution is 6.35. The summed E-state index contributed by atoms with van der Waals surface area (Å²) in [6.07, 6.45) is 2.32. The van der Waals surface area contributed by atoms with Gasteiger partial charge < -0.3 is 15.5 Å². The first kappa shape index (κ1) is 15.5. The highest BCUT2D eigenvalue weighted by atomic mass is 16.2. The number of carbonyl (C=O) groups is 2. The van der Waals surface area contributed by atoms with E-state index >= 15 is 0 Å². The van der Waals surface area contributed by atoms with Gasteiger partial charge in [0.2, 0.25) is 0 Å². The largest absolute Gasteiger partial charge is 0.344 e. The molecule has 2 atom stereocenters. The SMILES string of the molecule is CC[NH+]1CCC[C@H]1CNC(=O)C(=O)NCc1ccccc1. The van der Waals surface area contributed by atoms with E-state index in [1.165, 1.54) is 11.3 Å². The highest BCUT2D eigenvalue weighted by Gasteiger charge is 2.27. The van der Waals surface area contributed by atoms with Gasteiger partial charge in [0.1, 0.15) is 6.04 Å². The molecule has 3 N–H and O–H groups in total. The third kappa shape index (κ3) is 4.56. The molecule has 1 saturated heterocycles. The van der Waals surface area contributed by atoms with E-state index < -0.39 is 11.8 Å². The lowest BCUT2D eigenvalue weighted by molar-refractivity contribution is -0.909. The molecule has 0 spiro atoms. The maximum Gasteiger partial charge on any atom is 0.309 e. The van der Waals surface area contributed by atoms with Crippen LogP contribution in [-0.4, -0.2) is 37.5 Å². The molecule has 2 amide bonds. The van der Waals surface area contributed by atoms with Crippen LogP contribution in [0.1, 0.15) is 25.3 Å². The van der Waals surface area contributed by atoms with E-state index in [-0.39, 0.29) is 0 Å². The van der Waals surface area contributed by atoms with Gasteiger partial charge in [0.25, 0.3) is 0 Å². The Labute approximate surface area is 125 Å². The second-order valence-corrected chi connectivity index (χ2v) is 5.48. The first-order valence-electron chi connectivity index (χ1n) is 7.65. The van der Waals surface area contributed by atoms with E-state index in [4.69, 9.17) is 0 Å². The Morgan fingerprint density at radius 3 is 2.62 bits per heavy atom. The van der Waals surface area contributed by atoms with Gasteiger partial charge in [0.05, 0.1) is 19.6 Å². The summed E-state index contributed by atoms with van der Waals surface area (Å²) in [7, 11) is 0. The average Bonchev–Trinajstić information content (AvgIpc) is 2.98. The van der Waals surface area contributed by atoms with Gasteiger partial charge in [-0.3, -0.25) is 9.59 Å². The van der Waals surface area contributed by atoms with Gasteiger partial charge in [0, 0.05) is 19.4 Å². The van der Waals surface area contributed by atoms with Crippen LogP contribution in [0.25, 0.3) is 0 Å². The minimum atomic E-state index is -0.560. The molecule has 2 rings (SSSR count). The van der Waals surface area contributed by atoms with E-state index in [1.807, 2.05) is 30.3 Å². The van der Waals surface area contributed by atoms with Gasteiger partial charge in [-0.15, -0.1) is 0 Å². The first-order valence-corrected chi connectivity index (χ1v) is 7.65. The van der Waals surface area contributed by atoms with E-state index in [2.05, 4.69) is 17.6 Å². The number of rotatable bonds is 5. The van der Waals surface area contributed by atoms with Gasteiger partial charge in [-0.1, -0.05) is 30.3 Å². The van der Waals surface area contributed by atoms with Crippen LogP contribution in [0, 0.1) is 0 Å². The molecule has 0 bridgehead atoms. The Balaban J connectivity index is 1.71. The number of hydrogen-bond acceptors (Lipinski definition) is 2. The van der Waals surface area contributed by atoms with Gasteiger partial charge in [-0.05, 0) is 12.5 Å². The van der Waals surface area contributed by atoms with E-state index in [1.54, 1.807) is 0 Å². The van der Waals surface area contributed by atoms with Crippen LogP contribution >= 0.6 is 0 Å². The smallest absolute Gasteiger partial charge is 0.309 e. The number of benzene rings is 1.